The lowest BCUT2D eigenvalue weighted by Gasteiger charge is -2.25. The Morgan fingerprint density at radius 2 is 1.79 bits per heavy atom. The average molecular weight is 392 g/mol. The maximum absolute atomic E-state index is 13.0. The minimum Gasteiger partial charge on any atom is -0.548 e. The molecule has 0 bridgehead atoms. The zero-order chi connectivity index (χ0) is 20.8. The highest BCUT2D eigenvalue weighted by molar-refractivity contribution is 5.86. The first kappa shape index (κ1) is 20.3. The predicted octanol–water partition coefficient (Wildman–Crippen LogP) is 1.74. The van der Waals surface area contributed by atoms with Crippen LogP contribution < -0.4 is 16.0 Å². The van der Waals surface area contributed by atoms with Crippen molar-refractivity contribution in [1.29, 1.82) is 0 Å². The number of amides is 1. The number of hydrogen-bond donors (Lipinski definition) is 1. The van der Waals surface area contributed by atoms with E-state index in [4.69, 9.17) is 0 Å². The summed E-state index contributed by atoms with van der Waals surface area (Å²) in [6.07, 6.45) is 3.25. The van der Waals surface area contributed by atoms with Gasteiger partial charge in [-0.2, -0.15) is 0 Å². The molecule has 2 aromatic carbocycles. The molecule has 2 atom stereocenters. The van der Waals surface area contributed by atoms with Crippen LogP contribution in [0.2, 0.25) is 0 Å². The van der Waals surface area contributed by atoms with Crippen LogP contribution >= 0.6 is 0 Å². The lowest BCUT2D eigenvalue weighted by Crippen LogP contribution is -2.45. The summed E-state index contributed by atoms with van der Waals surface area (Å²) in [5, 5.41) is 14.6. The number of fused-ring (bicyclic) bond motifs is 1. The first-order valence-electron chi connectivity index (χ1n) is 9.55. The van der Waals surface area contributed by atoms with Gasteiger partial charge in [0.2, 0.25) is 5.91 Å². The fourth-order valence-corrected chi connectivity index (χ4v) is 3.26. The van der Waals surface area contributed by atoms with Crippen molar-refractivity contribution in [2.24, 2.45) is 0 Å². The molecule has 0 unspecified atom stereocenters. The summed E-state index contributed by atoms with van der Waals surface area (Å²) in [4.78, 5) is 41.9. The fourth-order valence-electron chi connectivity index (χ4n) is 3.26. The minimum absolute atomic E-state index is 0.337. The molecule has 150 valence electrons. The SMILES string of the molecule is CCCC[C@@H](C(=O)N[C@H](C(=O)[O-])c1ccccc1)n1cnc2ccccc2c1=O. The number of unbranched alkanes of at least 4 members (excludes halogenated alkanes) is 1. The first-order valence-corrected chi connectivity index (χ1v) is 9.55. The highest BCUT2D eigenvalue weighted by Crippen LogP contribution is 2.18. The number of carboxylic acid groups (broad SMARTS) is 1. The molecule has 0 saturated heterocycles. The highest BCUT2D eigenvalue weighted by Gasteiger charge is 2.25. The van der Waals surface area contributed by atoms with Crippen LogP contribution in [0.5, 0.6) is 0 Å². The summed E-state index contributed by atoms with van der Waals surface area (Å²) >= 11 is 0. The van der Waals surface area contributed by atoms with Gasteiger partial charge in [-0.1, -0.05) is 62.2 Å². The van der Waals surface area contributed by atoms with Crippen molar-refractivity contribution in [3.05, 3.63) is 76.8 Å². The van der Waals surface area contributed by atoms with Crippen LogP contribution in [0.25, 0.3) is 10.9 Å². The number of aromatic nitrogens is 2. The first-order chi connectivity index (χ1) is 14.0. The lowest BCUT2D eigenvalue weighted by molar-refractivity contribution is -0.308. The second kappa shape index (κ2) is 9.14. The summed E-state index contributed by atoms with van der Waals surface area (Å²) < 4.78 is 1.28. The minimum atomic E-state index is -1.41. The molecule has 29 heavy (non-hydrogen) atoms. The van der Waals surface area contributed by atoms with Crippen molar-refractivity contribution < 1.29 is 14.7 Å². The molecule has 0 spiro atoms. The topological polar surface area (TPSA) is 104 Å². The molecule has 0 aliphatic heterocycles. The third kappa shape index (κ3) is 4.51. The molecular weight excluding hydrogens is 370 g/mol. The largest absolute Gasteiger partial charge is 0.548 e. The van der Waals surface area contributed by atoms with Gasteiger partial charge in [-0.05, 0) is 24.1 Å². The second-order valence-corrected chi connectivity index (χ2v) is 6.80. The summed E-state index contributed by atoms with van der Waals surface area (Å²) in [6.45, 7) is 1.98. The highest BCUT2D eigenvalue weighted by atomic mass is 16.4. The summed E-state index contributed by atoms with van der Waals surface area (Å²) in [5.41, 5.74) is 0.607. The van der Waals surface area contributed by atoms with Crippen molar-refractivity contribution >= 4 is 22.8 Å². The Hall–Kier alpha value is -3.48. The Balaban J connectivity index is 1.96. The smallest absolute Gasteiger partial charge is 0.261 e. The van der Waals surface area contributed by atoms with Crippen LogP contribution in [0.4, 0.5) is 0 Å². The fraction of sp³-hybridized carbons (Fsp3) is 0.273. The van der Waals surface area contributed by atoms with Crippen molar-refractivity contribution in [2.45, 2.75) is 38.3 Å². The number of carbonyl (C=O) groups excluding carboxylic acids is 2. The van der Waals surface area contributed by atoms with E-state index in [9.17, 15) is 19.5 Å². The lowest BCUT2D eigenvalue weighted by atomic mass is 10.0. The standard InChI is InChI=1S/C22H23N3O4/c1-2-3-13-18(25-14-23-17-12-8-7-11-16(17)21(25)27)20(26)24-19(22(28)29)15-9-5-4-6-10-15/h4-12,14,18-19H,2-3,13H2,1H3,(H,24,26)(H,28,29)/p-1/t18-,19-/m0/s1. The van der Waals surface area contributed by atoms with E-state index in [0.29, 0.717) is 29.3 Å². The van der Waals surface area contributed by atoms with E-state index in [1.165, 1.54) is 10.9 Å². The summed E-state index contributed by atoms with van der Waals surface area (Å²) in [7, 11) is 0. The third-order valence-corrected chi connectivity index (χ3v) is 4.81. The number of benzene rings is 2. The van der Waals surface area contributed by atoms with E-state index in [0.717, 1.165) is 6.42 Å². The molecule has 7 heteroatoms. The number of aliphatic carboxylic acids is 1. The molecule has 0 aliphatic rings. The molecule has 3 aromatic rings. The Kier molecular flexibility index (Phi) is 6.39. The van der Waals surface area contributed by atoms with Gasteiger partial charge in [0.1, 0.15) is 6.04 Å². The maximum Gasteiger partial charge on any atom is 0.261 e. The number of nitrogens with zero attached hydrogens (tertiary/aromatic N) is 2. The van der Waals surface area contributed by atoms with Crippen molar-refractivity contribution in [3.63, 3.8) is 0 Å². The molecule has 3 rings (SSSR count). The average Bonchev–Trinajstić information content (AvgIpc) is 2.74. The van der Waals surface area contributed by atoms with Gasteiger partial charge in [0.25, 0.3) is 5.56 Å². The van der Waals surface area contributed by atoms with Gasteiger partial charge in [0.15, 0.2) is 0 Å². The van der Waals surface area contributed by atoms with Gasteiger partial charge >= 0.3 is 0 Å². The zero-order valence-corrected chi connectivity index (χ0v) is 16.1. The second-order valence-electron chi connectivity index (χ2n) is 6.80. The van der Waals surface area contributed by atoms with Crippen LogP contribution in [0, 0.1) is 0 Å². The molecule has 0 radical (unpaired) electrons. The van der Waals surface area contributed by atoms with Crippen LogP contribution in [-0.4, -0.2) is 21.4 Å². The monoisotopic (exact) mass is 392 g/mol. The summed E-state index contributed by atoms with van der Waals surface area (Å²) in [6, 6.07) is 13.0. The quantitative estimate of drug-likeness (QED) is 0.629. The van der Waals surface area contributed by atoms with Crippen LogP contribution in [0.1, 0.15) is 43.8 Å². The molecule has 0 aliphatic carbocycles. The van der Waals surface area contributed by atoms with Crippen molar-refractivity contribution in [3.8, 4) is 0 Å². The molecule has 1 aromatic heterocycles. The Morgan fingerprint density at radius 3 is 2.48 bits per heavy atom. The van der Waals surface area contributed by atoms with Gasteiger partial charge in [-0.15, -0.1) is 0 Å². The van der Waals surface area contributed by atoms with Crippen LogP contribution in [0.15, 0.2) is 65.7 Å². The molecule has 7 nitrogen and oxygen atoms in total. The predicted molar refractivity (Wildman–Crippen MR) is 107 cm³/mol. The van der Waals surface area contributed by atoms with Crippen LogP contribution in [0.3, 0.4) is 0 Å². The van der Waals surface area contributed by atoms with Gasteiger partial charge in [0.05, 0.1) is 29.2 Å². The number of carboxylic acids is 1. The number of carbonyl (C=O) groups is 2. The van der Waals surface area contributed by atoms with E-state index in [-0.39, 0.29) is 5.56 Å². The number of rotatable bonds is 8. The Morgan fingerprint density at radius 1 is 1.10 bits per heavy atom. The molecular formula is C22H22N3O4-. The van der Waals surface area contributed by atoms with Gasteiger partial charge in [-0.25, -0.2) is 4.98 Å². The third-order valence-electron chi connectivity index (χ3n) is 4.81. The number of hydrogen-bond acceptors (Lipinski definition) is 5. The molecule has 1 N–H and O–H groups in total. The van der Waals surface area contributed by atoms with Crippen molar-refractivity contribution in [1.82, 2.24) is 14.9 Å². The van der Waals surface area contributed by atoms with E-state index in [1.54, 1.807) is 54.6 Å². The summed E-state index contributed by atoms with van der Waals surface area (Å²) in [5.74, 6) is -1.97. The van der Waals surface area contributed by atoms with Crippen LogP contribution in [-0.2, 0) is 9.59 Å². The molecule has 1 amide bonds. The number of nitrogens with one attached hydrogen (secondary N) is 1. The maximum atomic E-state index is 13.0. The normalized spacial score (nSPS) is 13.0. The van der Waals surface area contributed by atoms with Gasteiger partial charge < -0.3 is 15.2 Å². The van der Waals surface area contributed by atoms with Gasteiger partial charge in [-0.3, -0.25) is 14.2 Å². The van der Waals surface area contributed by atoms with E-state index in [2.05, 4.69) is 10.3 Å². The molecule has 0 saturated carbocycles. The van der Waals surface area contributed by atoms with E-state index < -0.39 is 24.0 Å². The van der Waals surface area contributed by atoms with E-state index >= 15 is 0 Å². The van der Waals surface area contributed by atoms with Crippen molar-refractivity contribution in [2.75, 3.05) is 0 Å². The molecule has 0 fully saturated rings. The Bertz CT molecular complexity index is 1060. The number of para-hydroxylation sites is 1. The zero-order valence-electron chi connectivity index (χ0n) is 16.1. The van der Waals surface area contributed by atoms with E-state index in [1.807, 2.05) is 6.92 Å². The van der Waals surface area contributed by atoms with Gasteiger partial charge in [0, 0.05) is 0 Å². The molecule has 1 heterocycles. The Labute approximate surface area is 168 Å².